The first-order chi connectivity index (χ1) is 13.9. The highest BCUT2D eigenvalue weighted by Gasteiger charge is 2.52. The predicted octanol–water partition coefficient (Wildman–Crippen LogP) is 1.42. The van der Waals surface area contributed by atoms with Crippen LogP contribution in [0.5, 0.6) is 11.5 Å². The Morgan fingerprint density at radius 1 is 1.17 bits per heavy atom. The van der Waals surface area contributed by atoms with Crippen molar-refractivity contribution in [3.05, 3.63) is 23.8 Å². The molecule has 2 aliphatic rings. The number of hydrazine groups is 1. The molecule has 1 saturated heterocycles. The van der Waals surface area contributed by atoms with Gasteiger partial charge in [-0.05, 0) is 37.6 Å². The molecular weight excluding hydrogens is 376 g/mol. The quantitative estimate of drug-likeness (QED) is 0.667. The van der Waals surface area contributed by atoms with Crippen molar-refractivity contribution in [1.82, 2.24) is 20.7 Å². The smallest absolute Gasteiger partial charge is 0.344 e. The maximum absolute atomic E-state index is 12.7. The van der Waals surface area contributed by atoms with Crippen LogP contribution in [-0.2, 0) is 16.1 Å². The van der Waals surface area contributed by atoms with Crippen LogP contribution in [0.25, 0.3) is 0 Å². The van der Waals surface area contributed by atoms with E-state index in [-0.39, 0.29) is 12.5 Å². The van der Waals surface area contributed by atoms with E-state index in [4.69, 9.17) is 9.47 Å². The molecular formula is C20H28N4O5. The molecule has 2 N–H and O–H groups in total. The van der Waals surface area contributed by atoms with Gasteiger partial charge in [-0.3, -0.25) is 19.9 Å². The lowest BCUT2D eigenvalue weighted by atomic mass is 9.82. The molecule has 158 valence electrons. The summed E-state index contributed by atoms with van der Waals surface area (Å²) in [5.74, 6) is 0.453. The zero-order chi connectivity index (χ0) is 21.0. The molecule has 0 unspecified atom stereocenters. The Morgan fingerprint density at radius 2 is 1.86 bits per heavy atom. The molecule has 1 saturated carbocycles. The summed E-state index contributed by atoms with van der Waals surface area (Å²) in [4.78, 5) is 39.2. The first-order valence-corrected chi connectivity index (χ1v) is 9.74. The number of imide groups is 1. The highest BCUT2D eigenvalue weighted by Crippen LogP contribution is 2.33. The summed E-state index contributed by atoms with van der Waals surface area (Å²) < 4.78 is 10.5. The van der Waals surface area contributed by atoms with Gasteiger partial charge in [0.05, 0.1) is 20.8 Å². The molecule has 2 fully saturated rings. The van der Waals surface area contributed by atoms with Gasteiger partial charge in [0.1, 0.15) is 5.54 Å². The molecule has 4 amide bonds. The molecule has 1 aromatic carbocycles. The zero-order valence-corrected chi connectivity index (χ0v) is 17.1. The lowest BCUT2D eigenvalue weighted by Crippen LogP contribution is -2.52. The van der Waals surface area contributed by atoms with E-state index in [1.807, 2.05) is 12.1 Å². The van der Waals surface area contributed by atoms with Gasteiger partial charge < -0.3 is 14.8 Å². The first-order valence-electron chi connectivity index (χ1n) is 9.74. The Kier molecular flexibility index (Phi) is 6.26. The Bertz CT molecular complexity index is 791. The van der Waals surface area contributed by atoms with Gasteiger partial charge >= 0.3 is 6.03 Å². The van der Waals surface area contributed by atoms with E-state index in [2.05, 4.69) is 10.7 Å². The van der Waals surface area contributed by atoms with Crippen molar-refractivity contribution in [3.8, 4) is 11.5 Å². The van der Waals surface area contributed by atoms with Gasteiger partial charge in [0.15, 0.2) is 11.5 Å². The number of amides is 4. The fourth-order valence-electron chi connectivity index (χ4n) is 3.97. The van der Waals surface area contributed by atoms with Crippen LogP contribution in [0.4, 0.5) is 4.79 Å². The van der Waals surface area contributed by atoms with Crippen molar-refractivity contribution in [3.63, 3.8) is 0 Å². The molecule has 1 aromatic rings. The molecule has 1 spiro atoms. The minimum Gasteiger partial charge on any atom is -0.493 e. The van der Waals surface area contributed by atoms with Crippen molar-refractivity contribution < 1.29 is 23.9 Å². The van der Waals surface area contributed by atoms with Crippen molar-refractivity contribution in [2.45, 2.75) is 44.2 Å². The molecule has 0 aromatic heterocycles. The number of likely N-dealkylation sites (N-methyl/N-ethyl adjacent to an activating group) is 1. The van der Waals surface area contributed by atoms with Crippen LogP contribution in [0.1, 0.15) is 37.7 Å². The number of carbonyl (C=O) groups excluding carboxylic acids is 3. The zero-order valence-electron chi connectivity index (χ0n) is 17.1. The van der Waals surface area contributed by atoms with Crippen LogP contribution in [-0.4, -0.2) is 61.1 Å². The van der Waals surface area contributed by atoms with E-state index in [1.165, 1.54) is 0 Å². The molecule has 29 heavy (non-hydrogen) atoms. The number of hydrogen-bond donors (Lipinski definition) is 2. The average molecular weight is 404 g/mol. The lowest BCUT2D eigenvalue weighted by molar-refractivity contribution is -0.140. The van der Waals surface area contributed by atoms with E-state index in [0.29, 0.717) is 30.9 Å². The van der Waals surface area contributed by atoms with Gasteiger partial charge in [-0.1, -0.05) is 25.3 Å². The molecule has 9 heteroatoms. The van der Waals surface area contributed by atoms with Gasteiger partial charge in [-0.25, -0.2) is 4.79 Å². The molecule has 0 atom stereocenters. The number of ether oxygens (including phenoxy) is 2. The highest BCUT2D eigenvalue weighted by molar-refractivity contribution is 6.08. The molecule has 9 nitrogen and oxygen atoms in total. The summed E-state index contributed by atoms with van der Waals surface area (Å²) in [5.41, 5.74) is 2.54. The van der Waals surface area contributed by atoms with E-state index in [0.717, 1.165) is 29.8 Å². The maximum Gasteiger partial charge on any atom is 0.344 e. The molecule has 0 radical (unpaired) electrons. The second kappa shape index (κ2) is 8.69. The standard InChI is InChI=1S/C20H28N4O5/c1-23(12-14-7-8-15(28-2)16(11-14)29-3)13-17(25)22-24-18(26)20(21-19(24)27)9-5-4-6-10-20/h7-8,11H,4-6,9-10,12-13H2,1-3H3,(H,21,27)(H,22,25). The average Bonchev–Trinajstić information content (AvgIpc) is 2.92. The molecule has 0 bridgehead atoms. The number of nitrogens with one attached hydrogen (secondary N) is 2. The number of rotatable bonds is 7. The number of methoxy groups -OCH3 is 2. The molecule has 1 aliphatic heterocycles. The number of nitrogens with zero attached hydrogens (tertiary/aromatic N) is 2. The topological polar surface area (TPSA) is 100 Å². The minimum absolute atomic E-state index is 0.0262. The van der Waals surface area contributed by atoms with Crippen molar-refractivity contribution >= 4 is 17.8 Å². The fourth-order valence-corrected chi connectivity index (χ4v) is 3.97. The van der Waals surface area contributed by atoms with Crippen LogP contribution in [0, 0.1) is 0 Å². The summed E-state index contributed by atoms with van der Waals surface area (Å²) in [6, 6.07) is 4.98. The third kappa shape index (κ3) is 4.45. The number of carbonyl (C=O) groups is 3. The van der Waals surface area contributed by atoms with Crippen LogP contribution in [0.3, 0.4) is 0 Å². The van der Waals surface area contributed by atoms with Gasteiger partial charge in [-0.2, -0.15) is 5.01 Å². The third-order valence-electron chi connectivity index (χ3n) is 5.42. The largest absolute Gasteiger partial charge is 0.493 e. The van der Waals surface area contributed by atoms with Gasteiger partial charge in [0.2, 0.25) is 0 Å². The highest BCUT2D eigenvalue weighted by atomic mass is 16.5. The SMILES string of the molecule is COc1ccc(CN(C)CC(=O)NN2C(=O)NC3(CCCCC3)C2=O)cc1OC. The second-order valence-electron chi connectivity index (χ2n) is 7.61. The van der Waals surface area contributed by atoms with Crippen LogP contribution in [0.15, 0.2) is 18.2 Å². The Hall–Kier alpha value is -2.81. The van der Waals surface area contributed by atoms with E-state index in [1.54, 1.807) is 32.2 Å². The number of urea groups is 1. The minimum atomic E-state index is -0.853. The molecule has 1 heterocycles. The van der Waals surface area contributed by atoms with Crippen LogP contribution < -0.4 is 20.2 Å². The first kappa shape index (κ1) is 20.9. The van der Waals surface area contributed by atoms with Crippen molar-refractivity contribution in [2.24, 2.45) is 0 Å². The van der Waals surface area contributed by atoms with Crippen LogP contribution in [0.2, 0.25) is 0 Å². The van der Waals surface area contributed by atoms with Gasteiger partial charge in [0, 0.05) is 6.54 Å². The van der Waals surface area contributed by atoms with E-state index in [9.17, 15) is 14.4 Å². The van der Waals surface area contributed by atoms with Gasteiger partial charge in [0.25, 0.3) is 11.8 Å². The lowest BCUT2D eigenvalue weighted by Gasteiger charge is -2.30. The third-order valence-corrected chi connectivity index (χ3v) is 5.42. The normalized spacial score (nSPS) is 18.1. The van der Waals surface area contributed by atoms with Gasteiger partial charge in [-0.15, -0.1) is 0 Å². The van der Waals surface area contributed by atoms with E-state index < -0.39 is 17.5 Å². The predicted molar refractivity (Wildman–Crippen MR) is 105 cm³/mol. The Morgan fingerprint density at radius 3 is 2.52 bits per heavy atom. The Labute approximate surface area is 170 Å². The van der Waals surface area contributed by atoms with E-state index >= 15 is 0 Å². The number of benzene rings is 1. The monoisotopic (exact) mass is 404 g/mol. The Balaban J connectivity index is 1.56. The molecule has 1 aliphatic carbocycles. The fraction of sp³-hybridized carbons (Fsp3) is 0.550. The maximum atomic E-state index is 12.7. The second-order valence-corrected chi connectivity index (χ2v) is 7.61. The van der Waals surface area contributed by atoms with Crippen molar-refractivity contribution in [1.29, 1.82) is 0 Å². The van der Waals surface area contributed by atoms with Crippen molar-refractivity contribution in [2.75, 3.05) is 27.8 Å². The summed E-state index contributed by atoms with van der Waals surface area (Å²) in [6.45, 7) is 0.510. The van der Waals surface area contributed by atoms with Crippen LogP contribution >= 0.6 is 0 Å². The summed E-state index contributed by atoms with van der Waals surface area (Å²) in [6.07, 6.45) is 4.06. The number of hydrogen-bond acceptors (Lipinski definition) is 6. The molecule has 3 rings (SSSR count). The summed E-state index contributed by atoms with van der Waals surface area (Å²) in [7, 11) is 4.92. The summed E-state index contributed by atoms with van der Waals surface area (Å²) >= 11 is 0. The summed E-state index contributed by atoms with van der Waals surface area (Å²) in [5, 5.41) is 3.61.